The molecule has 0 spiro atoms. The van der Waals surface area contributed by atoms with Crippen molar-refractivity contribution in [3.8, 4) is 5.75 Å². The summed E-state index contributed by atoms with van der Waals surface area (Å²) in [6, 6.07) is 9.88. The third-order valence-corrected chi connectivity index (χ3v) is 4.27. The molecule has 0 aromatic heterocycles. The fourth-order valence-electron chi connectivity index (χ4n) is 2.99. The van der Waals surface area contributed by atoms with Gasteiger partial charge in [0, 0.05) is 20.1 Å². The van der Waals surface area contributed by atoms with Crippen LogP contribution in [-0.2, 0) is 0 Å². The Morgan fingerprint density at radius 3 is 2.56 bits per heavy atom. The van der Waals surface area contributed by atoms with Crippen molar-refractivity contribution in [1.82, 2.24) is 15.5 Å². The molecule has 1 aromatic rings. The molecule has 1 aromatic carbocycles. The molecule has 0 radical (unpaired) electrons. The van der Waals surface area contributed by atoms with Crippen molar-refractivity contribution in [3.05, 3.63) is 30.3 Å². The fourth-order valence-corrected chi connectivity index (χ4v) is 2.99. The Hall–Kier alpha value is -1.02. The second kappa shape index (κ2) is 13.2. The van der Waals surface area contributed by atoms with E-state index >= 15 is 0 Å². The van der Waals surface area contributed by atoms with Crippen molar-refractivity contribution < 1.29 is 4.74 Å². The maximum atomic E-state index is 5.68. The Labute approximate surface area is 169 Å². The summed E-state index contributed by atoms with van der Waals surface area (Å²) in [6.45, 7) is 8.27. The Morgan fingerprint density at radius 2 is 1.88 bits per heavy atom. The summed E-state index contributed by atoms with van der Waals surface area (Å²) >= 11 is 0. The number of hydrogen-bond donors (Lipinski definition) is 2. The minimum atomic E-state index is 0. The minimum absolute atomic E-state index is 0. The van der Waals surface area contributed by atoms with Crippen molar-refractivity contribution in [2.24, 2.45) is 10.9 Å². The van der Waals surface area contributed by atoms with Crippen LogP contribution in [0.1, 0.15) is 26.2 Å². The molecular weight excluding hydrogens is 427 g/mol. The van der Waals surface area contributed by atoms with Crippen LogP contribution in [0.15, 0.2) is 35.3 Å². The largest absolute Gasteiger partial charge is 0.492 e. The van der Waals surface area contributed by atoms with Gasteiger partial charge in [0.2, 0.25) is 0 Å². The van der Waals surface area contributed by atoms with Gasteiger partial charge in [0.05, 0.1) is 6.54 Å². The van der Waals surface area contributed by atoms with E-state index in [0.29, 0.717) is 12.5 Å². The van der Waals surface area contributed by atoms with E-state index < -0.39 is 0 Å². The first-order valence-corrected chi connectivity index (χ1v) is 9.12. The SMILES string of the molecule is CN=C(NCCOc1ccccc1)NCC(C)CN1CCCCC1.I. The molecule has 1 atom stereocenters. The number of nitrogens with zero attached hydrogens (tertiary/aromatic N) is 2. The van der Waals surface area contributed by atoms with E-state index in [1.807, 2.05) is 37.4 Å². The van der Waals surface area contributed by atoms with Gasteiger partial charge in [-0.2, -0.15) is 0 Å². The highest BCUT2D eigenvalue weighted by atomic mass is 127. The van der Waals surface area contributed by atoms with Gasteiger partial charge in [0.25, 0.3) is 0 Å². The topological polar surface area (TPSA) is 48.9 Å². The molecule has 2 rings (SSSR count). The number of hydrogen-bond acceptors (Lipinski definition) is 3. The molecule has 2 N–H and O–H groups in total. The average Bonchev–Trinajstić information content (AvgIpc) is 2.63. The molecule has 1 heterocycles. The zero-order valence-electron chi connectivity index (χ0n) is 15.5. The summed E-state index contributed by atoms with van der Waals surface area (Å²) in [5.41, 5.74) is 0. The van der Waals surface area contributed by atoms with E-state index in [1.54, 1.807) is 0 Å². The molecule has 0 saturated carbocycles. The number of para-hydroxylation sites is 1. The normalized spacial score (nSPS) is 16.6. The predicted molar refractivity (Wildman–Crippen MR) is 116 cm³/mol. The number of piperidine rings is 1. The summed E-state index contributed by atoms with van der Waals surface area (Å²) in [5.74, 6) is 2.36. The van der Waals surface area contributed by atoms with Gasteiger partial charge in [-0.05, 0) is 44.0 Å². The second-order valence-electron chi connectivity index (χ2n) is 6.51. The lowest BCUT2D eigenvalue weighted by Crippen LogP contribution is -2.43. The van der Waals surface area contributed by atoms with Gasteiger partial charge in [0.15, 0.2) is 5.96 Å². The maximum Gasteiger partial charge on any atom is 0.191 e. The van der Waals surface area contributed by atoms with Crippen molar-refractivity contribution in [1.29, 1.82) is 0 Å². The molecule has 0 aliphatic carbocycles. The first kappa shape index (κ1) is 22.0. The highest BCUT2D eigenvalue weighted by Gasteiger charge is 2.13. The standard InChI is InChI=1S/C19H32N4O.HI/c1-17(16-23-12-7-4-8-13-23)15-22-19(20-2)21-11-14-24-18-9-5-3-6-10-18;/h3,5-6,9-10,17H,4,7-8,11-16H2,1-2H3,(H2,20,21,22);1H. The number of benzene rings is 1. The van der Waals surface area contributed by atoms with Gasteiger partial charge in [-0.1, -0.05) is 31.5 Å². The fraction of sp³-hybridized carbons (Fsp3) is 0.632. The Bertz CT molecular complexity index is 478. The third-order valence-electron chi connectivity index (χ3n) is 4.27. The van der Waals surface area contributed by atoms with Gasteiger partial charge < -0.3 is 20.3 Å². The smallest absolute Gasteiger partial charge is 0.191 e. The Kier molecular flexibility index (Phi) is 11.6. The number of likely N-dealkylation sites (tertiary alicyclic amines) is 1. The molecule has 1 aliphatic rings. The number of rotatable bonds is 8. The quantitative estimate of drug-likeness (QED) is 0.271. The molecule has 0 bridgehead atoms. The van der Waals surface area contributed by atoms with E-state index in [4.69, 9.17) is 4.74 Å². The average molecular weight is 460 g/mol. The molecule has 1 fully saturated rings. The zero-order valence-corrected chi connectivity index (χ0v) is 17.9. The Balaban J connectivity index is 0.00000312. The monoisotopic (exact) mass is 460 g/mol. The summed E-state index contributed by atoms with van der Waals surface area (Å²) in [7, 11) is 1.81. The number of halogens is 1. The highest BCUT2D eigenvalue weighted by Crippen LogP contribution is 2.10. The van der Waals surface area contributed by atoms with Gasteiger partial charge in [-0.15, -0.1) is 24.0 Å². The summed E-state index contributed by atoms with van der Waals surface area (Å²) in [4.78, 5) is 6.86. The van der Waals surface area contributed by atoms with E-state index in [-0.39, 0.29) is 24.0 Å². The molecule has 0 amide bonds. The molecule has 5 nitrogen and oxygen atoms in total. The van der Waals surface area contributed by atoms with Crippen molar-refractivity contribution >= 4 is 29.9 Å². The van der Waals surface area contributed by atoms with Crippen LogP contribution in [0.2, 0.25) is 0 Å². The summed E-state index contributed by atoms with van der Waals surface area (Å²) < 4.78 is 5.68. The van der Waals surface area contributed by atoms with Crippen LogP contribution in [0.5, 0.6) is 5.75 Å². The highest BCUT2D eigenvalue weighted by molar-refractivity contribution is 14.0. The number of guanidine groups is 1. The molecular formula is C19H33IN4O. The van der Waals surface area contributed by atoms with Crippen molar-refractivity contribution in [2.75, 3.05) is 46.4 Å². The van der Waals surface area contributed by atoms with Crippen molar-refractivity contribution in [3.63, 3.8) is 0 Å². The van der Waals surface area contributed by atoms with Crippen LogP contribution >= 0.6 is 24.0 Å². The third kappa shape index (κ3) is 9.30. The summed E-state index contributed by atoms with van der Waals surface area (Å²) in [5, 5.41) is 6.71. The van der Waals surface area contributed by atoms with Gasteiger partial charge in [-0.3, -0.25) is 4.99 Å². The lowest BCUT2D eigenvalue weighted by atomic mass is 10.1. The van der Waals surface area contributed by atoms with E-state index in [1.165, 1.54) is 38.9 Å². The maximum absolute atomic E-state index is 5.68. The van der Waals surface area contributed by atoms with Gasteiger partial charge in [-0.25, -0.2) is 0 Å². The second-order valence-corrected chi connectivity index (χ2v) is 6.51. The van der Waals surface area contributed by atoms with Gasteiger partial charge >= 0.3 is 0 Å². The molecule has 25 heavy (non-hydrogen) atoms. The first-order valence-electron chi connectivity index (χ1n) is 9.12. The van der Waals surface area contributed by atoms with Crippen molar-refractivity contribution in [2.45, 2.75) is 26.2 Å². The van der Waals surface area contributed by atoms with Crippen LogP contribution in [0.3, 0.4) is 0 Å². The van der Waals surface area contributed by atoms with Crippen LogP contribution < -0.4 is 15.4 Å². The van der Waals surface area contributed by atoms with Crippen LogP contribution in [-0.4, -0.2) is 57.2 Å². The lowest BCUT2D eigenvalue weighted by Gasteiger charge is -2.29. The molecule has 142 valence electrons. The van der Waals surface area contributed by atoms with Crippen LogP contribution in [0, 0.1) is 5.92 Å². The van der Waals surface area contributed by atoms with E-state index in [2.05, 4.69) is 27.4 Å². The molecule has 1 unspecified atom stereocenters. The first-order chi connectivity index (χ1) is 11.8. The summed E-state index contributed by atoms with van der Waals surface area (Å²) in [6.07, 6.45) is 4.10. The van der Waals surface area contributed by atoms with Gasteiger partial charge in [0.1, 0.15) is 12.4 Å². The molecule has 1 saturated heterocycles. The van der Waals surface area contributed by atoms with E-state index in [0.717, 1.165) is 24.8 Å². The van der Waals surface area contributed by atoms with E-state index in [9.17, 15) is 0 Å². The number of ether oxygens (including phenoxy) is 1. The molecule has 6 heteroatoms. The lowest BCUT2D eigenvalue weighted by molar-refractivity contribution is 0.201. The van der Waals surface area contributed by atoms with Crippen LogP contribution in [0.25, 0.3) is 0 Å². The molecule has 1 aliphatic heterocycles. The predicted octanol–water partition coefficient (Wildman–Crippen LogP) is 2.97. The number of nitrogens with one attached hydrogen (secondary N) is 2. The zero-order chi connectivity index (χ0) is 17.0. The minimum Gasteiger partial charge on any atom is -0.492 e. The number of aliphatic imine (C=N–C) groups is 1. The Morgan fingerprint density at radius 1 is 1.16 bits per heavy atom. The van der Waals surface area contributed by atoms with Crippen LogP contribution in [0.4, 0.5) is 0 Å².